The molecular weight excluding hydrogens is 500 g/mol. The van der Waals surface area contributed by atoms with Crippen LogP contribution in [-0.4, -0.2) is 44.5 Å². The highest BCUT2D eigenvalue weighted by atomic mass is 16.4. The third-order valence-corrected chi connectivity index (χ3v) is 7.29. The highest BCUT2D eigenvalue weighted by Gasteiger charge is 2.34. The lowest BCUT2D eigenvalue weighted by Crippen LogP contribution is -2.57. The summed E-state index contributed by atoms with van der Waals surface area (Å²) in [5, 5.41) is 15.2. The second-order valence-corrected chi connectivity index (χ2v) is 9.94. The van der Waals surface area contributed by atoms with Gasteiger partial charge >= 0.3 is 11.7 Å². The largest absolute Gasteiger partial charge is 0.480 e. The number of hydrogen-bond acceptors (Lipinski definition) is 5. The maximum atomic E-state index is 13.8. The first kappa shape index (κ1) is 29.3. The molecule has 1 aromatic heterocycles. The summed E-state index contributed by atoms with van der Waals surface area (Å²) in [5.41, 5.74) is -0.312. The maximum Gasteiger partial charge on any atom is 0.329 e. The lowest BCUT2D eigenvalue weighted by molar-refractivity contribution is -0.144. The molecule has 0 saturated carbocycles. The molecule has 10 heteroatoms. The van der Waals surface area contributed by atoms with Crippen LogP contribution in [0.1, 0.15) is 52.1 Å². The summed E-state index contributed by atoms with van der Waals surface area (Å²) >= 11 is 0. The van der Waals surface area contributed by atoms with Crippen LogP contribution in [0, 0.1) is 11.8 Å². The first-order valence-corrected chi connectivity index (χ1v) is 13.2. The zero-order valence-electron chi connectivity index (χ0n) is 22.6. The predicted molar refractivity (Wildman–Crippen MR) is 148 cm³/mol. The molecule has 4 N–H and O–H groups in total. The Morgan fingerprint density at radius 1 is 0.846 bits per heavy atom. The summed E-state index contributed by atoms with van der Waals surface area (Å²) in [4.78, 5) is 68.2. The predicted octanol–water partition coefficient (Wildman–Crippen LogP) is 2.62. The van der Waals surface area contributed by atoms with Crippen LogP contribution in [-0.2, 0) is 20.8 Å². The van der Waals surface area contributed by atoms with Crippen molar-refractivity contribution in [2.75, 3.05) is 0 Å². The molecule has 1 heterocycles. The quantitative estimate of drug-likeness (QED) is 0.279. The van der Waals surface area contributed by atoms with E-state index in [1.807, 2.05) is 19.9 Å². The van der Waals surface area contributed by atoms with Crippen molar-refractivity contribution in [2.24, 2.45) is 11.8 Å². The van der Waals surface area contributed by atoms with Crippen LogP contribution in [0.3, 0.4) is 0 Å². The van der Waals surface area contributed by atoms with Crippen molar-refractivity contribution in [3.8, 4) is 0 Å². The van der Waals surface area contributed by atoms with E-state index in [0.717, 1.165) is 4.57 Å². The second-order valence-electron chi connectivity index (χ2n) is 9.94. The molecule has 0 radical (unpaired) electrons. The number of nitrogens with one attached hydrogen (secondary N) is 3. The number of rotatable bonds is 12. The molecule has 3 rings (SSSR count). The number of hydrogen-bond donors (Lipinski definition) is 4. The molecule has 5 atom stereocenters. The number of carbonyl (C=O) groups is 3. The SMILES string of the molecule is CC[C@@H](C)[C@H](NC(=O)[C@@H](NC(=O)[C@H](Cc1ccccc1)n1c(=O)[nH]c2ccccc2c1=O)[C@H](C)CC)C(=O)O. The van der Waals surface area contributed by atoms with Crippen molar-refractivity contribution in [1.29, 1.82) is 0 Å². The monoisotopic (exact) mass is 536 g/mol. The maximum absolute atomic E-state index is 13.8. The Kier molecular flexibility index (Phi) is 9.81. The summed E-state index contributed by atoms with van der Waals surface area (Å²) in [7, 11) is 0. The van der Waals surface area contributed by atoms with Gasteiger partial charge in [-0.1, -0.05) is 83.0 Å². The van der Waals surface area contributed by atoms with E-state index in [1.54, 1.807) is 62.4 Å². The van der Waals surface area contributed by atoms with E-state index in [-0.39, 0.29) is 23.6 Å². The van der Waals surface area contributed by atoms with Crippen molar-refractivity contribution >= 4 is 28.7 Å². The van der Waals surface area contributed by atoms with Gasteiger partial charge in [-0.25, -0.2) is 14.2 Å². The first-order chi connectivity index (χ1) is 18.6. The fourth-order valence-electron chi connectivity index (χ4n) is 4.48. The number of para-hydroxylation sites is 1. The molecule has 2 aromatic carbocycles. The average Bonchev–Trinajstić information content (AvgIpc) is 2.93. The number of nitrogens with zero attached hydrogens (tertiary/aromatic N) is 1. The van der Waals surface area contributed by atoms with Crippen molar-refractivity contribution in [3.05, 3.63) is 81.0 Å². The number of H-pyrrole nitrogens is 1. The van der Waals surface area contributed by atoms with E-state index in [1.165, 1.54) is 0 Å². The minimum Gasteiger partial charge on any atom is -0.480 e. The van der Waals surface area contributed by atoms with Crippen LogP contribution in [0.2, 0.25) is 0 Å². The van der Waals surface area contributed by atoms with Gasteiger partial charge in [-0.15, -0.1) is 0 Å². The Morgan fingerprint density at radius 3 is 2.03 bits per heavy atom. The number of amides is 2. The van der Waals surface area contributed by atoms with Gasteiger partial charge in [-0.3, -0.25) is 14.4 Å². The number of carbonyl (C=O) groups excluding carboxylic acids is 2. The van der Waals surface area contributed by atoms with E-state index in [0.29, 0.717) is 23.9 Å². The smallest absolute Gasteiger partial charge is 0.329 e. The van der Waals surface area contributed by atoms with Gasteiger partial charge in [0.05, 0.1) is 10.9 Å². The second kappa shape index (κ2) is 13.0. The molecule has 2 amide bonds. The summed E-state index contributed by atoms with van der Waals surface area (Å²) in [6.07, 6.45) is 1.07. The standard InChI is InChI=1S/C29H36N4O6/c1-5-17(3)23(26(35)32-24(28(37)38)18(4)6-2)31-25(34)22(16-19-12-8-7-9-13-19)33-27(36)20-14-10-11-15-21(20)30-29(33)39/h7-15,17-18,22-24H,5-6,16H2,1-4H3,(H,30,39)(H,31,34)(H,32,35)(H,37,38)/t17-,18-,22+,23+,24+/m1/s1. The molecular formula is C29H36N4O6. The van der Waals surface area contributed by atoms with Crippen LogP contribution in [0.15, 0.2) is 64.2 Å². The number of carboxylic acid groups (broad SMARTS) is 1. The van der Waals surface area contributed by atoms with Crippen molar-refractivity contribution < 1.29 is 19.5 Å². The summed E-state index contributed by atoms with van der Waals surface area (Å²) in [6.45, 7) is 7.17. The van der Waals surface area contributed by atoms with E-state index >= 15 is 0 Å². The Labute approximate surface area is 226 Å². The fraction of sp³-hybridized carbons (Fsp3) is 0.414. The van der Waals surface area contributed by atoms with Gasteiger partial charge in [-0.2, -0.15) is 0 Å². The van der Waals surface area contributed by atoms with Crippen molar-refractivity contribution in [1.82, 2.24) is 20.2 Å². The normalized spacial score (nSPS) is 15.1. The van der Waals surface area contributed by atoms with Gasteiger partial charge in [0.1, 0.15) is 18.1 Å². The van der Waals surface area contributed by atoms with E-state index in [9.17, 15) is 29.1 Å². The summed E-state index contributed by atoms with van der Waals surface area (Å²) in [6, 6.07) is 12.0. The zero-order valence-corrected chi connectivity index (χ0v) is 22.6. The molecule has 0 aliphatic heterocycles. The highest BCUT2D eigenvalue weighted by Crippen LogP contribution is 2.17. The van der Waals surface area contributed by atoms with E-state index < -0.39 is 47.2 Å². The zero-order chi connectivity index (χ0) is 28.7. The van der Waals surface area contributed by atoms with Gasteiger partial charge < -0.3 is 20.7 Å². The van der Waals surface area contributed by atoms with Crippen molar-refractivity contribution in [2.45, 2.75) is 65.1 Å². The van der Waals surface area contributed by atoms with Gasteiger partial charge in [0.15, 0.2) is 0 Å². The number of aliphatic carboxylic acids is 1. The Bertz CT molecular complexity index is 1430. The van der Waals surface area contributed by atoms with Gasteiger partial charge in [-0.05, 0) is 29.5 Å². The number of fused-ring (bicyclic) bond motifs is 1. The van der Waals surface area contributed by atoms with Gasteiger partial charge in [0.25, 0.3) is 5.56 Å². The van der Waals surface area contributed by atoms with Crippen LogP contribution in [0.4, 0.5) is 0 Å². The van der Waals surface area contributed by atoms with Crippen LogP contribution >= 0.6 is 0 Å². The van der Waals surface area contributed by atoms with Gasteiger partial charge in [0.2, 0.25) is 11.8 Å². The number of aromatic nitrogens is 2. The van der Waals surface area contributed by atoms with Crippen LogP contribution in [0.5, 0.6) is 0 Å². The summed E-state index contributed by atoms with van der Waals surface area (Å²) in [5.74, 6) is -3.19. The number of benzene rings is 2. The van der Waals surface area contributed by atoms with Crippen LogP contribution < -0.4 is 21.9 Å². The molecule has 39 heavy (non-hydrogen) atoms. The molecule has 208 valence electrons. The first-order valence-electron chi connectivity index (χ1n) is 13.2. The lowest BCUT2D eigenvalue weighted by Gasteiger charge is -2.29. The topological polar surface area (TPSA) is 150 Å². The molecule has 0 fully saturated rings. The minimum absolute atomic E-state index is 0.0213. The van der Waals surface area contributed by atoms with E-state index in [4.69, 9.17) is 0 Å². The Hall–Kier alpha value is -4.21. The molecule has 0 aliphatic carbocycles. The van der Waals surface area contributed by atoms with Crippen molar-refractivity contribution in [3.63, 3.8) is 0 Å². The average molecular weight is 537 g/mol. The number of carboxylic acids is 1. The van der Waals surface area contributed by atoms with E-state index in [2.05, 4.69) is 15.6 Å². The molecule has 0 aliphatic rings. The summed E-state index contributed by atoms with van der Waals surface area (Å²) < 4.78 is 0.884. The minimum atomic E-state index is -1.27. The Morgan fingerprint density at radius 2 is 1.41 bits per heavy atom. The molecule has 0 saturated heterocycles. The molecule has 3 aromatic rings. The van der Waals surface area contributed by atoms with Gasteiger partial charge in [0, 0.05) is 6.42 Å². The molecule has 0 spiro atoms. The molecule has 0 bridgehead atoms. The third kappa shape index (κ3) is 6.81. The number of aromatic amines is 1. The lowest BCUT2D eigenvalue weighted by atomic mass is 9.95. The highest BCUT2D eigenvalue weighted by molar-refractivity contribution is 5.92. The Balaban J connectivity index is 2.03. The van der Waals surface area contributed by atoms with Crippen LogP contribution in [0.25, 0.3) is 10.9 Å². The molecule has 10 nitrogen and oxygen atoms in total. The molecule has 0 unspecified atom stereocenters. The fourth-order valence-corrected chi connectivity index (χ4v) is 4.48. The third-order valence-electron chi connectivity index (χ3n) is 7.29.